The van der Waals surface area contributed by atoms with Gasteiger partial charge in [0, 0.05) is 28.2 Å². The van der Waals surface area contributed by atoms with Gasteiger partial charge in [-0.05, 0) is 74.5 Å². The predicted molar refractivity (Wildman–Crippen MR) is 171 cm³/mol. The first-order valence-corrected chi connectivity index (χ1v) is 13.9. The van der Waals surface area contributed by atoms with Gasteiger partial charge in [0.2, 0.25) is 0 Å². The Balaban J connectivity index is 1.23. The highest BCUT2D eigenvalue weighted by Gasteiger charge is 2.16. The molecule has 0 amide bonds. The van der Waals surface area contributed by atoms with Crippen LogP contribution in [-0.2, 0) is 0 Å². The number of imidazole rings is 1. The van der Waals surface area contributed by atoms with Gasteiger partial charge in [-0.15, -0.1) is 0 Å². The molecule has 41 heavy (non-hydrogen) atoms. The molecule has 7 aromatic carbocycles. The second kappa shape index (κ2) is 8.48. The minimum Gasteiger partial charge on any atom is -0.292 e. The lowest BCUT2D eigenvalue weighted by molar-refractivity contribution is 1.10. The molecule has 0 unspecified atom stereocenters. The summed E-state index contributed by atoms with van der Waals surface area (Å²) >= 11 is 0. The van der Waals surface area contributed by atoms with Crippen molar-refractivity contribution in [1.82, 2.24) is 14.5 Å². The predicted octanol–water partition coefficient (Wildman–Crippen LogP) is 9.81. The lowest BCUT2D eigenvalue weighted by Gasteiger charge is -2.15. The number of pyridine rings is 1. The van der Waals surface area contributed by atoms with E-state index >= 15 is 0 Å². The molecular weight excluding hydrogens is 498 g/mol. The zero-order valence-electron chi connectivity index (χ0n) is 22.1. The summed E-state index contributed by atoms with van der Waals surface area (Å²) in [6, 6.07) is 47.6. The average Bonchev–Trinajstić information content (AvgIpc) is 3.43. The van der Waals surface area contributed by atoms with Gasteiger partial charge in [-0.3, -0.25) is 9.55 Å². The van der Waals surface area contributed by atoms with E-state index in [0.717, 1.165) is 33.6 Å². The Morgan fingerprint density at radius 2 is 1.24 bits per heavy atom. The summed E-state index contributed by atoms with van der Waals surface area (Å²) in [6.45, 7) is 0. The van der Waals surface area contributed by atoms with Gasteiger partial charge < -0.3 is 0 Å². The fraction of sp³-hybridized carbons (Fsp3) is 0. The Hall–Kier alpha value is -5.54. The molecule has 0 aliphatic carbocycles. The van der Waals surface area contributed by atoms with Crippen LogP contribution in [0.1, 0.15) is 0 Å². The molecule has 0 aliphatic heterocycles. The Bertz CT molecular complexity index is 2400. The summed E-state index contributed by atoms with van der Waals surface area (Å²) in [4.78, 5) is 9.79. The third kappa shape index (κ3) is 3.26. The van der Waals surface area contributed by atoms with Crippen molar-refractivity contribution in [1.29, 1.82) is 0 Å². The average molecular weight is 522 g/mol. The van der Waals surface area contributed by atoms with Crippen LogP contribution in [-0.4, -0.2) is 14.5 Å². The Kier molecular flexibility index (Phi) is 4.61. The van der Waals surface area contributed by atoms with Crippen molar-refractivity contribution in [2.24, 2.45) is 0 Å². The van der Waals surface area contributed by atoms with Crippen molar-refractivity contribution in [2.75, 3.05) is 0 Å². The first-order valence-electron chi connectivity index (χ1n) is 13.9. The molecule has 2 aromatic heterocycles. The minimum absolute atomic E-state index is 0.943. The molecule has 3 nitrogen and oxygen atoms in total. The van der Waals surface area contributed by atoms with E-state index in [-0.39, 0.29) is 0 Å². The second-order valence-corrected chi connectivity index (χ2v) is 10.7. The van der Waals surface area contributed by atoms with E-state index in [0.29, 0.717) is 0 Å². The number of para-hydroxylation sites is 3. The van der Waals surface area contributed by atoms with Crippen LogP contribution in [0.15, 0.2) is 140 Å². The molecule has 0 aliphatic rings. The lowest BCUT2D eigenvalue weighted by Crippen LogP contribution is -1.97. The van der Waals surface area contributed by atoms with Crippen molar-refractivity contribution < 1.29 is 0 Å². The molecular formula is C38H23N3. The molecule has 0 atom stereocenters. The van der Waals surface area contributed by atoms with E-state index in [4.69, 9.17) is 9.97 Å². The molecule has 3 heteroatoms. The van der Waals surface area contributed by atoms with E-state index in [1.807, 2.05) is 24.4 Å². The molecule has 0 radical (unpaired) electrons. The summed E-state index contributed by atoms with van der Waals surface area (Å²) in [5.74, 6) is 0.943. The first-order chi connectivity index (χ1) is 20.3. The van der Waals surface area contributed by atoms with E-state index in [1.165, 1.54) is 48.8 Å². The number of hydrogen-bond donors (Lipinski definition) is 0. The van der Waals surface area contributed by atoms with Gasteiger partial charge in [0.1, 0.15) is 5.82 Å². The largest absolute Gasteiger partial charge is 0.292 e. The highest BCUT2D eigenvalue weighted by Crippen LogP contribution is 2.41. The van der Waals surface area contributed by atoms with Gasteiger partial charge in [-0.2, -0.15) is 0 Å². The van der Waals surface area contributed by atoms with Crippen molar-refractivity contribution >= 4 is 54.3 Å². The highest BCUT2D eigenvalue weighted by molar-refractivity contribution is 6.29. The maximum absolute atomic E-state index is 5.05. The summed E-state index contributed by atoms with van der Waals surface area (Å²) < 4.78 is 2.25. The van der Waals surface area contributed by atoms with Crippen LogP contribution in [0.2, 0.25) is 0 Å². The van der Waals surface area contributed by atoms with Crippen molar-refractivity contribution in [2.45, 2.75) is 0 Å². The number of fused-ring (bicyclic) bond motifs is 3. The smallest absolute Gasteiger partial charge is 0.145 e. The maximum Gasteiger partial charge on any atom is 0.145 e. The molecule has 0 bridgehead atoms. The standard InChI is InChI=1S/C38H23N3/c1-2-8-29(9-3-1)41-34-11-5-4-10-33(34)40-38(41)26-14-12-24(13-15-26)30-19-16-25-17-21-32-36-27(18-20-31(30)35(25)36)23-28-7-6-22-39-37(28)32/h1-23H. The fourth-order valence-corrected chi connectivity index (χ4v) is 6.53. The first kappa shape index (κ1) is 22.3. The molecule has 0 spiro atoms. The number of hydrogen-bond acceptors (Lipinski definition) is 2. The molecule has 0 saturated carbocycles. The van der Waals surface area contributed by atoms with E-state index < -0.39 is 0 Å². The van der Waals surface area contributed by atoms with Gasteiger partial charge in [0.05, 0.1) is 16.6 Å². The van der Waals surface area contributed by atoms with Crippen LogP contribution in [0.5, 0.6) is 0 Å². The van der Waals surface area contributed by atoms with Crippen LogP contribution in [0.25, 0.3) is 82.5 Å². The lowest BCUT2D eigenvalue weighted by atomic mass is 9.89. The van der Waals surface area contributed by atoms with Gasteiger partial charge in [-0.1, -0.05) is 97.1 Å². The fourth-order valence-electron chi connectivity index (χ4n) is 6.53. The van der Waals surface area contributed by atoms with E-state index in [9.17, 15) is 0 Å². The van der Waals surface area contributed by atoms with Gasteiger partial charge in [-0.25, -0.2) is 4.98 Å². The highest BCUT2D eigenvalue weighted by atomic mass is 15.1. The third-order valence-electron chi connectivity index (χ3n) is 8.38. The molecule has 0 saturated heterocycles. The third-order valence-corrected chi connectivity index (χ3v) is 8.38. The molecule has 190 valence electrons. The quantitative estimate of drug-likeness (QED) is 0.171. The summed E-state index contributed by atoms with van der Waals surface area (Å²) in [7, 11) is 0. The van der Waals surface area contributed by atoms with Crippen molar-refractivity contribution in [3.05, 3.63) is 140 Å². The minimum atomic E-state index is 0.943. The van der Waals surface area contributed by atoms with Gasteiger partial charge in [0.25, 0.3) is 0 Å². The molecule has 9 rings (SSSR count). The number of nitrogens with zero attached hydrogens (tertiary/aromatic N) is 3. The van der Waals surface area contributed by atoms with Crippen LogP contribution < -0.4 is 0 Å². The second-order valence-electron chi connectivity index (χ2n) is 10.7. The Morgan fingerprint density at radius 3 is 2.15 bits per heavy atom. The van der Waals surface area contributed by atoms with Gasteiger partial charge in [0.15, 0.2) is 0 Å². The monoisotopic (exact) mass is 521 g/mol. The normalized spacial score (nSPS) is 11.9. The van der Waals surface area contributed by atoms with Crippen molar-refractivity contribution in [3.63, 3.8) is 0 Å². The van der Waals surface area contributed by atoms with Crippen LogP contribution in [0.4, 0.5) is 0 Å². The summed E-state index contributed by atoms with van der Waals surface area (Å²) in [5.41, 5.74) is 7.77. The molecule has 0 N–H and O–H groups in total. The van der Waals surface area contributed by atoms with E-state index in [2.05, 4.69) is 120 Å². The SMILES string of the molecule is c1ccc(-n2c(-c3ccc(-c4ccc5ccc6c7ncccc7cc7ccc4c5c76)cc3)nc3ccccc32)cc1. The maximum atomic E-state index is 5.05. The summed E-state index contributed by atoms with van der Waals surface area (Å²) in [5, 5.41) is 8.76. The van der Waals surface area contributed by atoms with Crippen LogP contribution in [0, 0.1) is 0 Å². The number of rotatable bonds is 3. The van der Waals surface area contributed by atoms with E-state index in [1.54, 1.807) is 0 Å². The Labute approximate surface area is 236 Å². The molecule has 2 heterocycles. The Morgan fingerprint density at radius 1 is 0.512 bits per heavy atom. The zero-order chi connectivity index (χ0) is 26.9. The van der Waals surface area contributed by atoms with Crippen LogP contribution >= 0.6 is 0 Å². The van der Waals surface area contributed by atoms with Crippen molar-refractivity contribution in [3.8, 4) is 28.2 Å². The number of benzene rings is 7. The van der Waals surface area contributed by atoms with Gasteiger partial charge >= 0.3 is 0 Å². The number of aromatic nitrogens is 3. The summed E-state index contributed by atoms with van der Waals surface area (Å²) in [6.07, 6.45) is 1.89. The topological polar surface area (TPSA) is 30.7 Å². The zero-order valence-corrected chi connectivity index (χ0v) is 22.1. The molecule has 9 aromatic rings. The van der Waals surface area contributed by atoms with Crippen LogP contribution in [0.3, 0.4) is 0 Å². The molecule has 0 fully saturated rings.